The quantitative estimate of drug-likeness (QED) is 0.527. The molecule has 162 valence electrons. The van der Waals surface area contributed by atoms with E-state index in [9.17, 15) is 19.2 Å². The van der Waals surface area contributed by atoms with Crippen LogP contribution in [-0.2, 0) is 9.53 Å². The molecule has 1 aromatic carbocycles. The molecule has 0 aromatic heterocycles. The lowest BCUT2D eigenvalue weighted by Gasteiger charge is -2.38. The summed E-state index contributed by atoms with van der Waals surface area (Å²) < 4.78 is 5.23. The Kier molecular flexibility index (Phi) is 6.58. The minimum atomic E-state index is -0.677. The van der Waals surface area contributed by atoms with E-state index in [1.165, 1.54) is 23.1 Å². The molecule has 2 aliphatic heterocycles. The molecule has 7 heteroatoms. The third kappa shape index (κ3) is 4.40. The van der Waals surface area contributed by atoms with Crippen LogP contribution in [0.15, 0.2) is 18.2 Å². The normalized spacial score (nSPS) is 21.2. The van der Waals surface area contributed by atoms with Gasteiger partial charge in [-0.25, -0.2) is 4.79 Å². The van der Waals surface area contributed by atoms with Crippen LogP contribution in [0.1, 0.15) is 84.5 Å². The second-order valence-corrected chi connectivity index (χ2v) is 8.71. The number of fused-ring (bicyclic) bond motifs is 1. The van der Waals surface area contributed by atoms with E-state index in [4.69, 9.17) is 4.74 Å². The van der Waals surface area contributed by atoms with Gasteiger partial charge in [0, 0.05) is 18.6 Å². The highest BCUT2D eigenvalue weighted by atomic mass is 16.5. The van der Waals surface area contributed by atoms with Crippen molar-refractivity contribution in [2.24, 2.45) is 5.92 Å². The van der Waals surface area contributed by atoms with E-state index >= 15 is 0 Å². The van der Waals surface area contributed by atoms with Crippen LogP contribution in [0.25, 0.3) is 0 Å². The van der Waals surface area contributed by atoms with E-state index < -0.39 is 11.9 Å². The van der Waals surface area contributed by atoms with Crippen LogP contribution in [0.4, 0.5) is 0 Å². The summed E-state index contributed by atoms with van der Waals surface area (Å²) in [5.41, 5.74) is 0.670. The van der Waals surface area contributed by atoms with Crippen molar-refractivity contribution in [3.05, 3.63) is 34.9 Å². The second-order valence-electron chi connectivity index (χ2n) is 8.71. The molecule has 7 nitrogen and oxygen atoms in total. The number of rotatable bonds is 6. The van der Waals surface area contributed by atoms with Crippen molar-refractivity contribution in [1.82, 2.24) is 9.80 Å². The highest BCUT2D eigenvalue weighted by Crippen LogP contribution is 2.26. The summed E-state index contributed by atoms with van der Waals surface area (Å²) in [5, 5.41) is 0. The van der Waals surface area contributed by atoms with Gasteiger partial charge in [0.1, 0.15) is 0 Å². The molecule has 2 aliphatic rings. The smallest absolute Gasteiger partial charge is 0.338 e. The zero-order chi connectivity index (χ0) is 22.0. The van der Waals surface area contributed by atoms with Crippen LogP contribution in [0, 0.1) is 5.92 Å². The summed E-state index contributed by atoms with van der Waals surface area (Å²) in [6, 6.07) is 4.59. The van der Waals surface area contributed by atoms with Crippen molar-refractivity contribution < 1.29 is 23.9 Å². The third-order valence-electron chi connectivity index (χ3n) is 5.94. The van der Waals surface area contributed by atoms with Crippen molar-refractivity contribution in [3.8, 4) is 0 Å². The van der Waals surface area contributed by atoms with Crippen molar-refractivity contribution in [1.29, 1.82) is 0 Å². The summed E-state index contributed by atoms with van der Waals surface area (Å²) >= 11 is 0. The number of piperidine rings is 1. The number of likely N-dealkylation sites (tertiary alicyclic amines) is 1. The number of imide groups is 1. The molecule has 0 spiro atoms. The first kappa shape index (κ1) is 22.0. The monoisotopic (exact) mass is 414 g/mol. The Hall–Kier alpha value is -2.70. The zero-order valence-corrected chi connectivity index (χ0v) is 18.1. The largest absolute Gasteiger partial charge is 0.452 e. The number of benzene rings is 1. The maximum atomic E-state index is 12.6. The molecule has 0 unspecified atom stereocenters. The maximum Gasteiger partial charge on any atom is 0.338 e. The molecule has 3 rings (SSSR count). The Morgan fingerprint density at radius 1 is 1.07 bits per heavy atom. The average Bonchev–Trinajstić information content (AvgIpc) is 2.94. The van der Waals surface area contributed by atoms with Crippen molar-refractivity contribution in [2.75, 3.05) is 13.2 Å². The van der Waals surface area contributed by atoms with E-state index in [0.29, 0.717) is 18.0 Å². The minimum absolute atomic E-state index is 0.125. The van der Waals surface area contributed by atoms with Gasteiger partial charge < -0.3 is 9.64 Å². The van der Waals surface area contributed by atoms with Gasteiger partial charge in [0.25, 0.3) is 17.7 Å². The van der Waals surface area contributed by atoms with Crippen molar-refractivity contribution in [3.63, 3.8) is 0 Å². The summed E-state index contributed by atoms with van der Waals surface area (Å²) in [6.45, 7) is 8.08. The Labute approximate surface area is 177 Å². The standard InChI is InChI=1S/C23H30N2O5/c1-14(2)10-11-24-21(27)18-9-8-17(12-19(18)22(24)28)23(29)30-13-20(26)25-15(3)6-5-7-16(25)4/h8-9,12,14-16H,5-7,10-11,13H2,1-4H3/t15-,16+. The number of esters is 1. The summed E-state index contributed by atoms with van der Waals surface area (Å²) in [4.78, 5) is 53.2. The van der Waals surface area contributed by atoms with E-state index in [1.807, 2.05) is 27.7 Å². The van der Waals surface area contributed by atoms with Gasteiger partial charge in [-0.3, -0.25) is 19.3 Å². The lowest BCUT2D eigenvalue weighted by atomic mass is 9.97. The summed E-state index contributed by atoms with van der Waals surface area (Å²) in [6.07, 6.45) is 3.69. The number of amides is 3. The van der Waals surface area contributed by atoms with Gasteiger partial charge in [-0.05, 0) is 63.6 Å². The summed E-state index contributed by atoms with van der Waals surface area (Å²) in [7, 11) is 0. The molecular formula is C23H30N2O5. The highest BCUT2D eigenvalue weighted by Gasteiger charge is 2.36. The number of carbonyl (C=O) groups is 4. The molecule has 0 radical (unpaired) electrons. The molecule has 2 heterocycles. The average molecular weight is 415 g/mol. The molecule has 0 saturated carbocycles. The van der Waals surface area contributed by atoms with Crippen LogP contribution < -0.4 is 0 Å². The van der Waals surface area contributed by atoms with Crippen molar-refractivity contribution >= 4 is 23.7 Å². The lowest BCUT2D eigenvalue weighted by molar-refractivity contribution is -0.140. The van der Waals surface area contributed by atoms with Crippen LogP contribution >= 0.6 is 0 Å². The molecule has 1 aromatic rings. The Morgan fingerprint density at radius 3 is 2.33 bits per heavy atom. The van der Waals surface area contributed by atoms with Crippen LogP contribution in [0.5, 0.6) is 0 Å². The molecule has 1 fully saturated rings. The van der Waals surface area contributed by atoms with Gasteiger partial charge >= 0.3 is 5.97 Å². The van der Waals surface area contributed by atoms with Gasteiger partial charge in [0.2, 0.25) is 0 Å². The molecule has 0 N–H and O–H groups in total. The van der Waals surface area contributed by atoms with Gasteiger partial charge in [0.15, 0.2) is 6.61 Å². The first-order valence-electron chi connectivity index (χ1n) is 10.7. The lowest BCUT2D eigenvalue weighted by Crippen LogP contribution is -2.49. The van der Waals surface area contributed by atoms with Crippen LogP contribution in [0.2, 0.25) is 0 Å². The molecular weight excluding hydrogens is 384 g/mol. The van der Waals surface area contributed by atoms with Gasteiger partial charge in [0.05, 0.1) is 16.7 Å². The Bertz CT molecular complexity index is 853. The van der Waals surface area contributed by atoms with E-state index in [1.54, 1.807) is 4.90 Å². The fraction of sp³-hybridized carbons (Fsp3) is 0.565. The predicted octanol–water partition coefficient (Wildman–Crippen LogP) is 3.28. The number of nitrogens with zero attached hydrogens (tertiary/aromatic N) is 2. The Balaban J connectivity index is 1.65. The molecule has 3 amide bonds. The van der Waals surface area contributed by atoms with Crippen molar-refractivity contribution in [2.45, 2.75) is 65.5 Å². The van der Waals surface area contributed by atoms with Crippen LogP contribution in [-0.4, -0.2) is 58.7 Å². The number of ether oxygens (including phenoxy) is 1. The first-order chi connectivity index (χ1) is 14.2. The van der Waals surface area contributed by atoms with E-state index in [-0.39, 0.29) is 41.6 Å². The maximum absolute atomic E-state index is 12.6. The van der Waals surface area contributed by atoms with Gasteiger partial charge in [-0.1, -0.05) is 13.8 Å². The van der Waals surface area contributed by atoms with Gasteiger partial charge in [-0.15, -0.1) is 0 Å². The molecule has 1 saturated heterocycles. The molecule has 0 bridgehead atoms. The SMILES string of the molecule is CC(C)CCN1C(=O)c2ccc(C(=O)OCC(=O)N3[C@H](C)CCC[C@@H]3C)cc2C1=O. The number of carbonyl (C=O) groups excluding carboxylic acids is 4. The number of hydrogen-bond acceptors (Lipinski definition) is 5. The predicted molar refractivity (Wildman–Crippen MR) is 111 cm³/mol. The molecule has 2 atom stereocenters. The van der Waals surface area contributed by atoms with E-state index in [0.717, 1.165) is 25.7 Å². The summed E-state index contributed by atoms with van der Waals surface area (Å²) in [5.74, 6) is -1.25. The highest BCUT2D eigenvalue weighted by molar-refractivity contribution is 6.22. The van der Waals surface area contributed by atoms with E-state index in [2.05, 4.69) is 0 Å². The molecule has 0 aliphatic carbocycles. The first-order valence-corrected chi connectivity index (χ1v) is 10.7. The molecule has 30 heavy (non-hydrogen) atoms. The van der Waals surface area contributed by atoms with Crippen LogP contribution in [0.3, 0.4) is 0 Å². The fourth-order valence-corrected chi connectivity index (χ4v) is 4.21. The topological polar surface area (TPSA) is 84.0 Å². The third-order valence-corrected chi connectivity index (χ3v) is 5.94. The van der Waals surface area contributed by atoms with Gasteiger partial charge in [-0.2, -0.15) is 0 Å². The Morgan fingerprint density at radius 2 is 1.70 bits per heavy atom. The second kappa shape index (κ2) is 8.98. The fourth-order valence-electron chi connectivity index (χ4n) is 4.21. The minimum Gasteiger partial charge on any atom is -0.452 e. The number of hydrogen-bond donors (Lipinski definition) is 0. The zero-order valence-electron chi connectivity index (χ0n) is 18.1.